The van der Waals surface area contributed by atoms with Crippen LogP contribution in [-0.2, 0) is 14.3 Å². The maximum Gasteiger partial charge on any atom is 0.305 e. The van der Waals surface area contributed by atoms with E-state index >= 15 is 0 Å². The van der Waals surface area contributed by atoms with Crippen LogP contribution in [0.15, 0.2) is 0 Å². The van der Waals surface area contributed by atoms with Crippen molar-refractivity contribution in [3.8, 4) is 0 Å². The van der Waals surface area contributed by atoms with Gasteiger partial charge in [0, 0.05) is 16.7 Å². The molecule has 170 valence electrons. The Balaban J connectivity index is 1.48. The van der Waals surface area contributed by atoms with Crippen molar-refractivity contribution in [2.75, 3.05) is 7.11 Å². The zero-order valence-electron chi connectivity index (χ0n) is 19.0. The average Bonchev–Trinajstić information content (AvgIpc) is 3.08. The summed E-state index contributed by atoms with van der Waals surface area (Å²) in [4.78, 5) is 12.5. The van der Waals surface area contributed by atoms with E-state index in [9.17, 15) is 4.79 Å². The molecule has 2 aliphatic heterocycles. The third kappa shape index (κ3) is 2.67. The Hall–Kier alpha value is 0.390. The van der Waals surface area contributed by atoms with E-state index in [0.29, 0.717) is 51.3 Å². The molecule has 2 saturated heterocycles. The van der Waals surface area contributed by atoms with Gasteiger partial charge >= 0.3 is 5.97 Å². The lowest BCUT2D eigenvalue weighted by atomic mass is 9.40. The van der Waals surface area contributed by atoms with Crippen LogP contribution in [0.5, 0.6) is 0 Å². The van der Waals surface area contributed by atoms with Crippen LogP contribution >= 0.6 is 31.9 Å². The van der Waals surface area contributed by atoms with Crippen LogP contribution in [0.2, 0.25) is 0 Å². The molecule has 5 heteroatoms. The lowest BCUT2D eigenvalue weighted by molar-refractivity contribution is -0.325. The summed E-state index contributed by atoms with van der Waals surface area (Å²) in [7, 11) is 1.50. The molecule has 4 aliphatic carbocycles. The minimum atomic E-state index is -0.0733. The number of carbonyl (C=O) groups is 1. The number of methoxy groups -OCH3 is 1. The molecule has 0 N–H and O–H groups in total. The molecule has 6 rings (SSSR count). The van der Waals surface area contributed by atoms with Crippen molar-refractivity contribution in [1.29, 1.82) is 0 Å². The molecule has 3 nitrogen and oxygen atoms in total. The molecular weight excluding hydrogens is 508 g/mol. The van der Waals surface area contributed by atoms with Gasteiger partial charge in [0.1, 0.15) is 0 Å². The number of carbonyl (C=O) groups excluding carboxylic acids is 1. The van der Waals surface area contributed by atoms with Crippen LogP contribution in [0.4, 0.5) is 0 Å². The predicted molar refractivity (Wildman–Crippen MR) is 126 cm³/mol. The second kappa shape index (κ2) is 7.45. The number of rotatable bonds is 4. The predicted octanol–water partition coefficient (Wildman–Crippen LogP) is 6.50. The van der Waals surface area contributed by atoms with Crippen molar-refractivity contribution in [3.63, 3.8) is 0 Å². The molecule has 0 amide bonds. The number of ether oxygens (including phenoxy) is 2. The van der Waals surface area contributed by atoms with Gasteiger partial charge in [-0.3, -0.25) is 4.79 Å². The van der Waals surface area contributed by atoms with Crippen molar-refractivity contribution in [2.45, 2.75) is 99.9 Å². The van der Waals surface area contributed by atoms with Crippen LogP contribution < -0.4 is 0 Å². The molecule has 30 heavy (non-hydrogen) atoms. The second-order valence-corrected chi connectivity index (χ2v) is 13.6. The zero-order chi connectivity index (χ0) is 21.5. The van der Waals surface area contributed by atoms with Crippen LogP contribution in [0.1, 0.15) is 78.6 Å². The number of esters is 1. The topological polar surface area (TPSA) is 35.5 Å². The summed E-state index contributed by atoms with van der Waals surface area (Å²) in [5.74, 6) is 3.29. The number of halogens is 2. The van der Waals surface area contributed by atoms with Gasteiger partial charge in [-0.1, -0.05) is 52.6 Å². The Labute approximate surface area is 199 Å². The molecule has 0 aromatic carbocycles. The van der Waals surface area contributed by atoms with Gasteiger partial charge in [0.15, 0.2) is 0 Å². The molecule has 1 spiro atoms. The first-order valence-corrected chi connectivity index (χ1v) is 14.1. The summed E-state index contributed by atoms with van der Waals surface area (Å²) in [5.41, 5.74) is 0.531. The molecule has 0 unspecified atom stereocenters. The quantitative estimate of drug-likeness (QED) is 0.298. The first-order valence-electron chi connectivity index (χ1n) is 12.2. The van der Waals surface area contributed by atoms with Gasteiger partial charge in [-0.25, -0.2) is 0 Å². The maximum atomic E-state index is 11.8. The van der Waals surface area contributed by atoms with Gasteiger partial charge < -0.3 is 9.47 Å². The number of fused-ring (bicyclic) bond motifs is 3. The third-order valence-corrected chi connectivity index (χ3v) is 14.4. The molecule has 11 atom stereocenters. The Kier molecular flexibility index (Phi) is 5.51. The first-order chi connectivity index (χ1) is 14.2. The minimum absolute atomic E-state index is 0.0143. The van der Waals surface area contributed by atoms with Crippen LogP contribution in [0.3, 0.4) is 0 Å². The molecular formula is C25H38Br2O3. The number of alkyl halides is 2. The van der Waals surface area contributed by atoms with Gasteiger partial charge in [-0.05, 0) is 86.4 Å². The van der Waals surface area contributed by atoms with E-state index in [-0.39, 0.29) is 17.0 Å². The van der Waals surface area contributed by atoms with Gasteiger partial charge in [-0.15, -0.1) is 0 Å². The van der Waals surface area contributed by atoms with Gasteiger partial charge in [0.25, 0.3) is 0 Å². The van der Waals surface area contributed by atoms with E-state index < -0.39 is 0 Å². The van der Waals surface area contributed by atoms with Crippen molar-refractivity contribution in [2.24, 2.45) is 40.4 Å². The van der Waals surface area contributed by atoms with Crippen LogP contribution in [-0.4, -0.2) is 34.4 Å². The lowest BCUT2D eigenvalue weighted by Crippen LogP contribution is -2.77. The van der Waals surface area contributed by atoms with E-state index in [4.69, 9.17) is 9.47 Å². The van der Waals surface area contributed by atoms with Gasteiger partial charge in [0.05, 0.1) is 23.6 Å². The van der Waals surface area contributed by atoms with Crippen molar-refractivity contribution < 1.29 is 14.3 Å². The minimum Gasteiger partial charge on any atom is -0.469 e. The SMILES string of the molecule is COC(=O)CC[C@@H](C)[C@H]1CC[C@H]2[C@@H]3CC[C@H]4C[C@@H]5CC[C@]4(C)[C@@]3(O5)[C@@H](Br)[C@H](Br)[C@]12C. The monoisotopic (exact) mass is 544 g/mol. The van der Waals surface area contributed by atoms with Crippen LogP contribution in [0.25, 0.3) is 0 Å². The zero-order valence-corrected chi connectivity index (χ0v) is 22.1. The first kappa shape index (κ1) is 22.2. The third-order valence-electron chi connectivity index (χ3n) is 10.9. The fourth-order valence-corrected chi connectivity index (χ4v) is 12.0. The Bertz CT molecular complexity index is 715. The Morgan fingerprint density at radius 3 is 2.57 bits per heavy atom. The molecule has 0 aromatic rings. The van der Waals surface area contributed by atoms with Crippen molar-refractivity contribution >= 4 is 37.8 Å². The van der Waals surface area contributed by atoms with E-state index in [1.165, 1.54) is 52.1 Å². The summed E-state index contributed by atoms with van der Waals surface area (Å²) in [6.07, 6.45) is 11.1. The highest BCUT2D eigenvalue weighted by atomic mass is 79.9. The molecule has 6 fully saturated rings. The summed E-state index contributed by atoms with van der Waals surface area (Å²) < 4.78 is 12.1. The molecule has 4 saturated carbocycles. The highest BCUT2D eigenvalue weighted by molar-refractivity contribution is 9.12. The largest absolute Gasteiger partial charge is 0.469 e. The number of hydrogen-bond donors (Lipinski definition) is 0. The lowest BCUT2D eigenvalue weighted by Gasteiger charge is -2.74. The standard InChI is InChI=1S/C25H38Br2O3/c1-14(5-10-20(28)29-4)17-8-9-18-19-7-6-15-13-16-11-12-23(15,2)25(19,30-16)22(27)21(26)24(17,18)3/h14-19,21-22H,5-13H2,1-4H3/t14-,15+,16+,17-,18+,19+,21+,22+,23+,24-,25+/m1/s1. The van der Waals surface area contributed by atoms with E-state index in [0.717, 1.165) is 12.3 Å². The number of hydrogen-bond acceptors (Lipinski definition) is 3. The molecule has 0 aromatic heterocycles. The summed E-state index contributed by atoms with van der Waals surface area (Å²) in [6, 6.07) is 0. The Morgan fingerprint density at radius 2 is 1.83 bits per heavy atom. The van der Waals surface area contributed by atoms with E-state index in [1.54, 1.807) is 0 Å². The normalized spacial score (nSPS) is 54.9. The van der Waals surface area contributed by atoms with Crippen molar-refractivity contribution in [1.82, 2.24) is 0 Å². The smallest absolute Gasteiger partial charge is 0.305 e. The molecule has 0 radical (unpaired) electrons. The second-order valence-electron chi connectivity index (χ2n) is 11.7. The maximum absolute atomic E-state index is 11.8. The summed E-state index contributed by atoms with van der Waals surface area (Å²) in [5, 5.41) is 0. The van der Waals surface area contributed by atoms with Gasteiger partial charge in [0.2, 0.25) is 0 Å². The molecule has 6 aliphatic rings. The van der Waals surface area contributed by atoms with E-state index in [2.05, 4.69) is 52.6 Å². The highest BCUT2D eigenvalue weighted by Gasteiger charge is 2.76. The van der Waals surface area contributed by atoms with Crippen LogP contribution in [0, 0.1) is 40.4 Å². The molecule has 2 heterocycles. The fraction of sp³-hybridized carbons (Fsp3) is 0.960. The fourth-order valence-electron chi connectivity index (χ4n) is 9.40. The summed E-state index contributed by atoms with van der Waals surface area (Å²) >= 11 is 8.57. The highest BCUT2D eigenvalue weighted by Crippen LogP contribution is 2.75. The van der Waals surface area contributed by atoms with E-state index in [1.807, 2.05) is 0 Å². The van der Waals surface area contributed by atoms with Crippen molar-refractivity contribution in [3.05, 3.63) is 0 Å². The average molecular weight is 546 g/mol. The van der Waals surface area contributed by atoms with Gasteiger partial charge in [-0.2, -0.15) is 0 Å². The summed E-state index contributed by atoms with van der Waals surface area (Å²) in [6.45, 7) is 7.49. The Morgan fingerprint density at radius 1 is 1.10 bits per heavy atom. The molecule has 4 bridgehead atoms.